The van der Waals surface area contributed by atoms with E-state index in [1.54, 1.807) is 6.92 Å². The number of fused-ring (bicyclic) bond motifs is 3. The van der Waals surface area contributed by atoms with E-state index < -0.39 is 37.7 Å². The average Bonchev–Trinajstić information content (AvgIpc) is 2.79. The molecule has 1 heterocycles. The van der Waals surface area contributed by atoms with Gasteiger partial charge in [0.05, 0.1) is 23.7 Å². The molecule has 4 rings (SSSR count). The maximum atomic E-state index is 15.3. The summed E-state index contributed by atoms with van der Waals surface area (Å²) >= 11 is 5.96. The lowest BCUT2D eigenvalue weighted by Gasteiger charge is -2.55. The molecule has 2 aliphatic rings. The second kappa shape index (κ2) is 8.43. The molecule has 2 aromatic carbocycles. The zero-order valence-electron chi connectivity index (χ0n) is 18.2. The van der Waals surface area contributed by atoms with Crippen LogP contribution < -0.4 is 10.1 Å². The molecule has 0 radical (unpaired) electrons. The van der Waals surface area contributed by atoms with E-state index >= 15 is 4.39 Å². The third kappa shape index (κ3) is 3.65. The first-order chi connectivity index (χ1) is 15.6. The quantitative estimate of drug-likeness (QED) is 0.651. The third-order valence-electron chi connectivity index (χ3n) is 6.85. The lowest BCUT2D eigenvalue weighted by Crippen LogP contribution is -2.59. The van der Waals surface area contributed by atoms with Crippen LogP contribution in [0.25, 0.3) is 0 Å². The minimum absolute atomic E-state index is 0.00691. The molecule has 1 aliphatic heterocycles. The van der Waals surface area contributed by atoms with Gasteiger partial charge in [-0.15, -0.1) is 0 Å². The number of hydrogen-bond donors (Lipinski definition) is 1. The Labute approximate surface area is 196 Å². The van der Waals surface area contributed by atoms with Crippen LogP contribution in [0.2, 0.25) is 5.02 Å². The highest BCUT2D eigenvalue weighted by molar-refractivity contribution is 7.92. The fourth-order valence-corrected chi connectivity index (χ4v) is 7.97. The Kier molecular flexibility index (Phi) is 6.07. The number of carbonyl (C=O) groups excluding carboxylic acids is 1. The molecule has 1 saturated carbocycles. The number of carbonyl (C=O) groups is 1. The first kappa shape index (κ1) is 23.8. The predicted octanol–water partition coefficient (Wildman–Crippen LogP) is 4.84. The zero-order chi connectivity index (χ0) is 24.0. The van der Waals surface area contributed by atoms with Gasteiger partial charge < -0.3 is 14.8 Å². The molecule has 1 aliphatic carbocycles. The van der Waals surface area contributed by atoms with Gasteiger partial charge in [-0.2, -0.15) is 0 Å². The Hall–Kier alpha value is -2.39. The normalized spacial score (nSPS) is 26.5. The number of hydrogen-bond acceptors (Lipinski definition) is 5. The van der Waals surface area contributed by atoms with Crippen LogP contribution in [0.1, 0.15) is 31.7 Å². The van der Waals surface area contributed by atoms with Crippen molar-refractivity contribution in [2.24, 2.45) is 11.3 Å². The summed E-state index contributed by atoms with van der Waals surface area (Å²) in [6, 6.07) is 7.52. The van der Waals surface area contributed by atoms with Crippen molar-refractivity contribution in [3.05, 3.63) is 58.6 Å². The summed E-state index contributed by atoms with van der Waals surface area (Å²) in [6.45, 7) is 1.65. The van der Waals surface area contributed by atoms with Crippen LogP contribution >= 0.6 is 11.6 Å². The van der Waals surface area contributed by atoms with E-state index in [1.165, 1.54) is 31.3 Å². The van der Waals surface area contributed by atoms with Crippen molar-refractivity contribution >= 4 is 27.5 Å². The fourth-order valence-electron chi connectivity index (χ4n) is 5.31. The molecular formula is C23H24ClF2NO5S. The summed E-state index contributed by atoms with van der Waals surface area (Å²) in [7, 11) is -2.79. The molecule has 3 atom stereocenters. The van der Waals surface area contributed by atoms with Crippen molar-refractivity contribution in [3.8, 4) is 5.75 Å². The van der Waals surface area contributed by atoms with E-state index in [-0.39, 0.29) is 48.2 Å². The first-order valence-electron chi connectivity index (χ1n) is 10.5. The number of amides is 1. The van der Waals surface area contributed by atoms with E-state index in [1.807, 2.05) is 0 Å². The van der Waals surface area contributed by atoms with Crippen LogP contribution in [-0.4, -0.2) is 34.8 Å². The first-order valence-corrected chi connectivity index (χ1v) is 12.4. The van der Waals surface area contributed by atoms with E-state index in [2.05, 4.69) is 5.32 Å². The molecule has 1 amide bonds. The maximum Gasteiger partial charge on any atom is 0.406 e. The summed E-state index contributed by atoms with van der Waals surface area (Å²) in [4.78, 5) is 11.5. The number of sulfone groups is 1. The van der Waals surface area contributed by atoms with Crippen molar-refractivity contribution in [3.63, 3.8) is 0 Å². The molecule has 0 spiro atoms. The van der Waals surface area contributed by atoms with Gasteiger partial charge in [0.2, 0.25) is 0 Å². The standard InChI is InChI=1S/C23H24ClF2NO5S/c1-22-11-14(12-31-21(28)27-2)9-10-23(22,33(29,30)16-5-3-15(24)4-6-16)19-17(25)7-8-18(26)20(19)32-13-22/h3-8,14H,9-13H2,1-2H3,(H,27,28)/t14-,22-,23-/m1/s1. The van der Waals surface area contributed by atoms with Gasteiger partial charge in [0.25, 0.3) is 0 Å². The lowest BCUT2D eigenvalue weighted by molar-refractivity contribution is -0.00169. The van der Waals surface area contributed by atoms with Crippen LogP contribution in [0.15, 0.2) is 41.3 Å². The predicted molar refractivity (Wildman–Crippen MR) is 118 cm³/mol. The summed E-state index contributed by atoms with van der Waals surface area (Å²) in [6.07, 6.45) is 0.0117. The van der Waals surface area contributed by atoms with Gasteiger partial charge in [-0.3, -0.25) is 0 Å². The van der Waals surface area contributed by atoms with Crippen LogP contribution in [0.3, 0.4) is 0 Å². The van der Waals surface area contributed by atoms with Crippen molar-refractivity contribution in [1.29, 1.82) is 0 Å². The number of halogens is 3. The Morgan fingerprint density at radius 3 is 2.55 bits per heavy atom. The highest BCUT2D eigenvalue weighted by Gasteiger charge is 2.65. The minimum Gasteiger partial charge on any atom is -0.489 e. The van der Waals surface area contributed by atoms with Crippen molar-refractivity contribution < 1.29 is 31.5 Å². The van der Waals surface area contributed by atoms with Crippen LogP contribution in [0, 0.1) is 23.0 Å². The average molecular weight is 500 g/mol. The minimum atomic E-state index is -4.24. The van der Waals surface area contributed by atoms with Gasteiger partial charge in [0, 0.05) is 17.5 Å². The molecule has 0 bridgehead atoms. The van der Waals surface area contributed by atoms with E-state index in [9.17, 15) is 17.6 Å². The van der Waals surface area contributed by atoms with Crippen molar-refractivity contribution in [2.75, 3.05) is 20.3 Å². The van der Waals surface area contributed by atoms with Crippen molar-refractivity contribution in [2.45, 2.75) is 35.8 Å². The maximum absolute atomic E-state index is 15.3. The van der Waals surface area contributed by atoms with Gasteiger partial charge in [0.15, 0.2) is 21.4 Å². The summed E-state index contributed by atoms with van der Waals surface area (Å²) in [5.74, 6) is -2.20. The molecule has 0 saturated heterocycles. The number of benzene rings is 2. The highest BCUT2D eigenvalue weighted by Crippen LogP contribution is 2.63. The molecule has 1 fully saturated rings. The molecule has 0 unspecified atom stereocenters. The summed E-state index contributed by atoms with van der Waals surface area (Å²) < 4.78 is 67.6. The summed E-state index contributed by atoms with van der Waals surface area (Å²) in [5.41, 5.74) is -1.40. The number of alkyl carbamates (subject to hydrolysis) is 1. The fraction of sp³-hybridized carbons (Fsp3) is 0.435. The van der Waals surface area contributed by atoms with Crippen LogP contribution in [0.4, 0.5) is 13.6 Å². The third-order valence-corrected chi connectivity index (χ3v) is 9.82. The number of ether oxygens (including phenoxy) is 2. The van der Waals surface area contributed by atoms with Gasteiger partial charge in [-0.25, -0.2) is 22.0 Å². The van der Waals surface area contributed by atoms with Gasteiger partial charge in [-0.1, -0.05) is 18.5 Å². The molecular weight excluding hydrogens is 476 g/mol. The molecule has 0 aromatic heterocycles. The smallest absolute Gasteiger partial charge is 0.406 e. The molecule has 10 heteroatoms. The van der Waals surface area contributed by atoms with Gasteiger partial charge in [0.1, 0.15) is 10.6 Å². The second-order valence-electron chi connectivity index (χ2n) is 8.82. The molecule has 6 nitrogen and oxygen atoms in total. The Balaban J connectivity index is 1.89. The van der Waals surface area contributed by atoms with Crippen molar-refractivity contribution in [1.82, 2.24) is 5.32 Å². The number of rotatable bonds is 4. The van der Waals surface area contributed by atoms with E-state index in [4.69, 9.17) is 21.1 Å². The molecule has 178 valence electrons. The summed E-state index contributed by atoms with van der Waals surface area (Å²) in [5, 5.41) is 2.73. The van der Waals surface area contributed by atoms with E-state index in [0.29, 0.717) is 11.4 Å². The lowest BCUT2D eigenvalue weighted by atomic mass is 9.60. The Bertz CT molecular complexity index is 1190. The largest absolute Gasteiger partial charge is 0.489 e. The van der Waals surface area contributed by atoms with Gasteiger partial charge in [-0.05, 0) is 61.6 Å². The highest BCUT2D eigenvalue weighted by atomic mass is 35.5. The van der Waals surface area contributed by atoms with Crippen LogP contribution in [-0.2, 0) is 19.3 Å². The van der Waals surface area contributed by atoms with Crippen LogP contribution in [0.5, 0.6) is 5.75 Å². The molecule has 2 aromatic rings. The molecule has 1 N–H and O–H groups in total. The van der Waals surface area contributed by atoms with E-state index in [0.717, 1.165) is 12.1 Å². The Morgan fingerprint density at radius 2 is 1.88 bits per heavy atom. The monoisotopic (exact) mass is 499 g/mol. The SMILES string of the molecule is CNC(=O)OC[C@@H]1CC[C@@]2(S(=O)(=O)c3ccc(Cl)cc3)c3c(F)ccc(F)c3OC[C@@]2(C)C1. The molecule has 33 heavy (non-hydrogen) atoms. The Morgan fingerprint density at radius 1 is 1.21 bits per heavy atom. The second-order valence-corrected chi connectivity index (χ2v) is 11.4. The van der Waals surface area contributed by atoms with Gasteiger partial charge >= 0.3 is 6.09 Å². The topological polar surface area (TPSA) is 81.7 Å². The number of nitrogens with one attached hydrogen (secondary N) is 1. The zero-order valence-corrected chi connectivity index (χ0v) is 19.7.